The number of carbonyl (C=O) groups excluding carboxylic acids is 1. The molecule has 0 aliphatic heterocycles. The van der Waals surface area contributed by atoms with E-state index in [1.54, 1.807) is 0 Å². The minimum atomic E-state index is -1.25. The highest BCUT2D eigenvalue weighted by molar-refractivity contribution is 5.84. The summed E-state index contributed by atoms with van der Waals surface area (Å²) in [6.45, 7) is 4.09. The van der Waals surface area contributed by atoms with E-state index in [0.717, 1.165) is 36.0 Å². The minimum Gasteiger partial charge on any atom is -0.387 e. The Kier molecular flexibility index (Phi) is 5.01. The molecule has 0 saturated heterocycles. The molecule has 1 aromatic carbocycles. The molecule has 0 radical (unpaired) electrons. The van der Waals surface area contributed by atoms with Crippen molar-refractivity contribution < 1.29 is 15.0 Å². The Morgan fingerprint density at radius 1 is 1.19 bits per heavy atom. The van der Waals surface area contributed by atoms with Crippen LogP contribution in [0.5, 0.6) is 0 Å². The van der Waals surface area contributed by atoms with E-state index in [0.29, 0.717) is 12.8 Å². The van der Waals surface area contributed by atoms with Crippen LogP contribution in [0, 0.1) is 13.8 Å². The maximum absolute atomic E-state index is 12.1. The van der Waals surface area contributed by atoms with Gasteiger partial charge in [-0.05, 0) is 32.3 Å². The highest BCUT2D eigenvalue weighted by atomic mass is 16.3. The molecule has 116 valence electrons. The highest BCUT2D eigenvalue weighted by Crippen LogP contribution is 2.28. The van der Waals surface area contributed by atoms with E-state index >= 15 is 0 Å². The van der Waals surface area contributed by atoms with Gasteiger partial charge in [0, 0.05) is 6.54 Å². The minimum absolute atomic E-state index is 0.129. The van der Waals surface area contributed by atoms with Gasteiger partial charge in [-0.25, -0.2) is 0 Å². The molecule has 1 aromatic rings. The molecule has 0 spiro atoms. The Hall–Kier alpha value is -1.39. The van der Waals surface area contributed by atoms with Gasteiger partial charge < -0.3 is 15.5 Å². The van der Waals surface area contributed by atoms with Gasteiger partial charge in [-0.15, -0.1) is 0 Å². The molecule has 1 atom stereocenters. The van der Waals surface area contributed by atoms with Gasteiger partial charge in [0.25, 0.3) is 5.91 Å². The second-order valence-corrected chi connectivity index (χ2v) is 6.24. The molecule has 0 aromatic heterocycles. The molecular weight excluding hydrogens is 266 g/mol. The summed E-state index contributed by atoms with van der Waals surface area (Å²) in [6, 6.07) is 5.87. The van der Waals surface area contributed by atoms with Crippen molar-refractivity contribution in [3.63, 3.8) is 0 Å². The third-order valence-corrected chi connectivity index (χ3v) is 4.19. The number of nitrogens with one attached hydrogen (secondary N) is 1. The molecule has 0 heterocycles. The van der Waals surface area contributed by atoms with Crippen LogP contribution in [-0.2, 0) is 4.79 Å². The van der Waals surface area contributed by atoms with Gasteiger partial charge >= 0.3 is 0 Å². The summed E-state index contributed by atoms with van der Waals surface area (Å²) < 4.78 is 0. The van der Waals surface area contributed by atoms with Crippen LogP contribution in [-0.4, -0.2) is 28.3 Å². The van der Waals surface area contributed by atoms with Gasteiger partial charge in [0.1, 0.15) is 5.60 Å². The van der Waals surface area contributed by atoms with Crippen molar-refractivity contribution in [2.24, 2.45) is 0 Å². The van der Waals surface area contributed by atoms with Crippen LogP contribution >= 0.6 is 0 Å². The zero-order chi connectivity index (χ0) is 15.5. The molecule has 1 aliphatic rings. The zero-order valence-corrected chi connectivity index (χ0v) is 12.9. The topological polar surface area (TPSA) is 69.6 Å². The number of aliphatic hydroxyl groups is 2. The SMILES string of the molecule is Cc1cc(C)cc([C@@H](O)CNC(=O)C2(O)CCCCC2)c1. The lowest BCUT2D eigenvalue weighted by molar-refractivity contribution is -0.143. The number of carbonyl (C=O) groups is 1. The number of hydrogen-bond acceptors (Lipinski definition) is 3. The monoisotopic (exact) mass is 291 g/mol. The van der Waals surface area contributed by atoms with Gasteiger partial charge in [0.2, 0.25) is 0 Å². The van der Waals surface area contributed by atoms with Crippen LogP contribution in [0.3, 0.4) is 0 Å². The molecule has 1 fully saturated rings. The van der Waals surface area contributed by atoms with Crippen molar-refractivity contribution >= 4 is 5.91 Å². The Morgan fingerprint density at radius 3 is 2.33 bits per heavy atom. The molecule has 2 rings (SSSR count). The molecule has 1 amide bonds. The van der Waals surface area contributed by atoms with Crippen molar-refractivity contribution in [3.05, 3.63) is 34.9 Å². The maximum Gasteiger partial charge on any atom is 0.252 e. The van der Waals surface area contributed by atoms with E-state index in [1.807, 2.05) is 32.0 Å². The van der Waals surface area contributed by atoms with Crippen molar-refractivity contribution in [1.29, 1.82) is 0 Å². The molecule has 4 heteroatoms. The maximum atomic E-state index is 12.1. The molecule has 21 heavy (non-hydrogen) atoms. The summed E-state index contributed by atoms with van der Waals surface area (Å²) in [7, 11) is 0. The van der Waals surface area contributed by atoms with Crippen LogP contribution in [0.1, 0.15) is 54.9 Å². The Morgan fingerprint density at radius 2 is 1.76 bits per heavy atom. The first-order valence-electron chi connectivity index (χ1n) is 7.68. The Labute approximate surface area is 126 Å². The van der Waals surface area contributed by atoms with Gasteiger partial charge in [0.05, 0.1) is 6.10 Å². The summed E-state index contributed by atoms with van der Waals surface area (Å²) >= 11 is 0. The Balaban J connectivity index is 1.94. The van der Waals surface area contributed by atoms with Crippen LogP contribution in [0.2, 0.25) is 0 Å². The molecular formula is C17H25NO3. The van der Waals surface area contributed by atoms with Crippen molar-refractivity contribution in [2.45, 2.75) is 57.7 Å². The van der Waals surface area contributed by atoms with Crippen LogP contribution in [0.4, 0.5) is 0 Å². The largest absolute Gasteiger partial charge is 0.387 e. The lowest BCUT2D eigenvalue weighted by Crippen LogP contribution is -2.48. The van der Waals surface area contributed by atoms with Gasteiger partial charge in [-0.2, -0.15) is 0 Å². The predicted molar refractivity (Wildman–Crippen MR) is 81.9 cm³/mol. The van der Waals surface area contributed by atoms with E-state index in [9.17, 15) is 15.0 Å². The third-order valence-electron chi connectivity index (χ3n) is 4.19. The van der Waals surface area contributed by atoms with Crippen LogP contribution in [0.15, 0.2) is 18.2 Å². The normalized spacial score (nSPS) is 19.0. The first-order valence-corrected chi connectivity index (χ1v) is 7.68. The van der Waals surface area contributed by atoms with Gasteiger partial charge in [-0.3, -0.25) is 4.79 Å². The highest BCUT2D eigenvalue weighted by Gasteiger charge is 2.36. The summed E-state index contributed by atoms with van der Waals surface area (Å²) in [6.07, 6.45) is 3.10. The fourth-order valence-corrected chi connectivity index (χ4v) is 3.04. The van der Waals surface area contributed by atoms with Crippen molar-refractivity contribution in [2.75, 3.05) is 6.54 Å². The average Bonchev–Trinajstić information content (AvgIpc) is 2.44. The number of aryl methyl sites for hydroxylation is 2. The number of benzene rings is 1. The van der Waals surface area contributed by atoms with E-state index in [1.165, 1.54) is 0 Å². The predicted octanol–water partition coefficient (Wildman–Crippen LogP) is 2.15. The fourth-order valence-electron chi connectivity index (χ4n) is 3.04. The number of hydrogen-bond donors (Lipinski definition) is 3. The first kappa shape index (κ1) is 16.0. The van der Waals surface area contributed by atoms with Crippen molar-refractivity contribution in [1.82, 2.24) is 5.32 Å². The van der Waals surface area contributed by atoms with E-state index in [4.69, 9.17) is 0 Å². The molecule has 4 nitrogen and oxygen atoms in total. The van der Waals surface area contributed by atoms with Crippen LogP contribution in [0.25, 0.3) is 0 Å². The second kappa shape index (κ2) is 6.58. The van der Waals surface area contributed by atoms with Gasteiger partial charge in [0.15, 0.2) is 0 Å². The summed E-state index contributed by atoms with van der Waals surface area (Å²) in [5.74, 6) is -0.356. The Bertz CT molecular complexity index is 487. The molecule has 0 unspecified atom stereocenters. The molecule has 3 N–H and O–H groups in total. The van der Waals surface area contributed by atoms with E-state index in [-0.39, 0.29) is 12.5 Å². The van der Waals surface area contributed by atoms with Crippen molar-refractivity contribution in [3.8, 4) is 0 Å². The zero-order valence-electron chi connectivity index (χ0n) is 12.9. The standard InChI is InChI=1S/C17H25NO3/c1-12-8-13(2)10-14(9-12)15(19)11-18-16(20)17(21)6-4-3-5-7-17/h8-10,15,19,21H,3-7,11H2,1-2H3,(H,18,20)/t15-/m0/s1. The average molecular weight is 291 g/mol. The van der Waals surface area contributed by atoms with Crippen LogP contribution < -0.4 is 5.32 Å². The smallest absolute Gasteiger partial charge is 0.252 e. The number of rotatable bonds is 4. The summed E-state index contributed by atoms with van der Waals surface area (Å²) in [4.78, 5) is 12.1. The molecule has 1 saturated carbocycles. The lowest BCUT2D eigenvalue weighted by atomic mass is 9.84. The first-order chi connectivity index (χ1) is 9.90. The number of amides is 1. The quantitative estimate of drug-likeness (QED) is 0.796. The third kappa shape index (κ3) is 4.05. The van der Waals surface area contributed by atoms with E-state index in [2.05, 4.69) is 5.32 Å². The van der Waals surface area contributed by atoms with E-state index < -0.39 is 11.7 Å². The molecule has 1 aliphatic carbocycles. The second-order valence-electron chi connectivity index (χ2n) is 6.24. The summed E-state index contributed by atoms with van der Waals surface area (Å²) in [5, 5.41) is 23.2. The molecule has 0 bridgehead atoms. The summed E-state index contributed by atoms with van der Waals surface area (Å²) in [5.41, 5.74) is 1.71. The number of aliphatic hydroxyl groups excluding tert-OH is 1. The lowest BCUT2D eigenvalue weighted by Gasteiger charge is -2.30. The van der Waals surface area contributed by atoms with Gasteiger partial charge in [-0.1, -0.05) is 48.6 Å². The fraction of sp³-hybridized carbons (Fsp3) is 0.588.